The van der Waals surface area contributed by atoms with Gasteiger partial charge in [-0.15, -0.1) is 0 Å². The number of rotatable bonds is 3. The Kier molecular flexibility index (Phi) is 3.70. The van der Waals surface area contributed by atoms with Crippen molar-refractivity contribution in [2.75, 3.05) is 0 Å². The van der Waals surface area contributed by atoms with Crippen LogP contribution >= 0.6 is 0 Å². The lowest BCUT2D eigenvalue weighted by Gasteiger charge is -2.31. The maximum Gasteiger partial charge on any atom is 0.265 e. The molecule has 0 unspecified atom stereocenters. The normalized spacial score (nSPS) is 21.2. The van der Waals surface area contributed by atoms with Crippen LogP contribution in [0.15, 0.2) is 28.8 Å². The second kappa shape index (κ2) is 5.67. The van der Waals surface area contributed by atoms with Crippen LogP contribution in [-0.4, -0.2) is 28.3 Å². The molecule has 22 heavy (non-hydrogen) atoms. The van der Waals surface area contributed by atoms with Crippen LogP contribution in [0.1, 0.15) is 31.6 Å². The van der Waals surface area contributed by atoms with E-state index in [0.717, 1.165) is 0 Å². The van der Waals surface area contributed by atoms with Crippen molar-refractivity contribution in [1.29, 1.82) is 0 Å². The Morgan fingerprint density at radius 1 is 1.27 bits per heavy atom. The number of benzene rings is 1. The third kappa shape index (κ3) is 2.74. The maximum atomic E-state index is 12.4. The Balaban J connectivity index is 1.70. The predicted octanol–water partition coefficient (Wildman–Crippen LogP) is 1.78. The van der Waals surface area contributed by atoms with Gasteiger partial charge in [0.25, 0.3) is 5.91 Å². The monoisotopic (exact) mass is 303 g/mol. The van der Waals surface area contributed by atoms with Crippen molar-refractivity contribution in [1.82, 2.24) is 15.5 Å². The fourth-order valence-electron chi connectivity index (χ4n) is 2.25. The number of hydrogen-bond acceptors (Lipinski definition) is 6. The lowest BCUT2D eigenvalue weighted by atomic mass is 10.1. The van der Waals surface area contributed by atoms with Gasteiger partial charge < -0.3 is 19.3 Å². The second-order valence-electron chi connectivity index (χ2n) is 5.22. The summed E-state index contributed by atoms with van der Waals surface area (Å²) in [6.07, 6.45) is -1.13. The summed E-state index contributed by atoms with van der Waals surface area (Å²) in [5.74, 6) is 1.79. The first-order chi connectivity index (χ1) is 10.5. The number of nitrogens with zero attached hydrogens (tertiary/aromatic N) is 2. The van der Waals surface area contributed by atoms with Crippen LogP contribution in [-0.2, 0) is 4.79 Å². The lowest BCUT2D eigenvalue weighted by Crippen LogP contribution is -2.49. The van der Waals surface area contributed by atoms with Gasteiger partial charge in [0.2, 0.25) is 12.0 Å². The summed E-state index contributed by atoms with van der Waals surface area (Å²) < 4.78 is 16.5. The van der Waals surface area contributed by atoms with Gasteiger partial charge in [-0.2, -0.15) is 4.98 Å². The summed E-state index contributed by atoms with van der Waals surface area (Å²) in [5, 5.41) is 6.51. The zero-order valence-corrected chi connectivity index (χ0v) is 12.6. The van der Waals surface area contributed by atoms with Gasteiger partial charge >= 0.3 is 0 Å². The number of ether oxygens (including phenoxy) is 2. The number of aromatic nitrogens is 2. The molecule has 116 valence electrons. The molecule has 0 radical (unpaired) electrons. The molecule has 0 spiro atoms. The van der Waals surface area contributed by atoms with Gasteiger partial charge in [-0.1, -0.05) is 17.3 Å². The topological polar surface area (TPSA) is 86.5 Å². The number of aryl methyl sites for hydroxylation is 1. The summed E-state index contributed by atoms with van der Waals surface area (Å²) in [6, 6.07) is 6.87. The van der Waals surface area contributed by atoms with Crippen LogP contribution in [0.3, 0.4) is 0 Å². The highest BCUT2D eigenvalue weighted by Gasteiger charge is 2.35. The van der Waals surface area contributed by atoms with E-state index in [2.05, 4.69) is 15.5 Å². The fraction of sp³-hybridized carbons (Fsp3) is 0.400. The summed E-state index contributed by atoms with van der Waals surface area (Å²) in [6.45, 7) is 5.29. The summed E-state index contributed by atoms with van der Waals surface area (Å²) >= 11 is 0. The van der Waals surface area contributed by atoms with Crippen molar-refractivity contribution in [2.45, 2.75) is 39.0 Å². The van der Waals surface area contributed by atoms with Crippen molar-refractivity contribution >= 4 is 5.91 Å². The molecule has 1 aromatic carbocycles. The SMILES string of the molecule is Cc1noc([C@H](C)NC(=O)[C@@H]2Oc3ccccc3O[C@H]2C)n1. The first-order valence-corrected chi connectivity index (χ1v) is 7.07. The molecule has 3 atom stereocenters. The molecule has 0 aliphatic carbocycles. The Morgan fingerprint density at radius 3 is 2.59 bits per heavy atom. The van der Waals surface area contributed by atoms with Crippen molar-refractivity contribution < 1.29 is 18.8 Å². The average molecular weight is 303 g/mol. The number of carbonyl (C=O) groups excluding carboxylic acids is 1. The van der Waals surface area contributed by atoms with E-state index in [-0.39, 0.29) is 5.91 Å². The van der Waals surface area contributed by atoms with E-state index in [9.17, 15) is 4.79 Å². The van der Waals surface area contributed by atoms with Gasteiger partial charge in [0.15, 0.2) is 17.3 Å². The summed E-state index contributed by atoms with van der Waals surface area (Å²) in [5.41, 5.74) is 0. The molecule has 7 nitrogen and oxygen atoms in total. The molecule has 2 heterocycles. The Labute approximate surface area is 127 Å². The van der Waals surface area contributed by atoms with Crippen LogP contribution in [0.25, 0.3) is 0 Å². The van der Waals surface area contributed by atoms with Gasteiger partial charge in [0.1, 0.15) is 12.1 Å². The van der Waals surface area contributed by atoms with Crippen LogP contribution in [0.2, 0.25) is 0 Å². The third-order valence-electron chi connectivity index (χ3n) is 3.37. The Hall–Kier alpha value is -2.57. The molecule has 2 aromatic rings. The molecule has 3 rings (SSSR count). The third-order valence-corrected chi connectivity index (χ3v) is 3.37. The molecule has 0 saturated heterocycles. The van der Waals surface area contributed by atoms with Gasteiger partial charge in [-0.3, -0.25) is 4.79 Å². The smallest absolute Gasteiger partial charge is 0.265 e. The highest BCUT2D eigenvalue weighted by molar-refractivity contribution is 5.82. The molecule has 1 aromatic heterocycles. The highest BCUT2D eigenvalue weighted by atomic mass is 16.6. The first-order valence-electron chi connectivity index (χ1n) is 7.07. The molecular weight excluding hydrogens is 286 g/mol. The zero-order chi connectivity index (χ0) is 15.7. The standard InChI is InChI=1S/C15H17N3O4/c1-8(15-17-10(3)18-22-15)16-14(19)13-9(2)20-11-6-4-5-7-12(11)21-13/h4-9,13H,1-3H3,(H,16,19)/t8-,9-,13+/m0/s1. The maximum absolute atomic E-state index is 12.4. The minimum atomic E-state index is -0.735. The summed E-state index contributed by atoms with van der Waals surface area (Å²) in [7, 11) is 0. The van der Waals surface area contributed by atoms with Crippen LogP contribution in [0, 0.1) is 6.92 Å². The number of carbonyl (C=O) groups is 1. The van der Waals surface area contributed by atoms with E-state index in [1.54, 1.807) is 26.8 Å². The quantitative estimate of drug-likeness (QED) is 0.930. The van der Waals surface area contributed by atoms with Gasteiger partial charge in [0.05, 0.1) is 0 Å². The van der Waals surface area contributed by atoms with Crippen molar-refractivity contribution in [3.05, 3.63) is 36.0 Å². The van der Waals surface area contributed by atoms with E-state index in [1.807, 2.05) is 18.2 Å². The molecule has 1 amide bonds. The molecule has 1 N–H and O–H groups in total. The van der Waals surface area contributed by atoms with Crippen molar-refractivity contribution in [2.24, 2.45) is 0 Å². The van der Waals surface area contributed by atoms with Crippen LogP contribution < -0.4 is 14.8 Å². The van der Waals surface area contributed by atoms with Crippen LogP contribution in [0.4, 0.5) is 0 Å². The molecule has 0 bridgehead atoms. The number of para-hydroxylation sites is 2. The lowest BCUT2D eigenvalue weighted by molar-refractivity contribution is -0.134. The van der Waals surface area contributed by atoms with E-state index in [0.29, 0.717) is 23.2 Å². The largest absolute Gasteiger partial charge is 0.482 e. The van der Waals surface area contributed by atoms with Crippen molar-refractivity contribution in [3.63, 3.8) is 0 Å². The van der Waals surface area contributed by atoms with Gasteiger partial charge in [-0.05, 0) is 32.9 Å². The fourth-order valence-corrected chi connectivity index (χ4v) is 2.25. The summed E-state index contributed by atoms with van der Waals surface area (Å²) in [4.78, 5) is 16.5. The van der Waals surface area contributed by atoms with Gasteiger partial charge in [-0.25, -0.2) is 0 Å². The van der Waals surface area contributed by atoms with E-state index >= 15 is 0 Å². The Bertz CT molecular complexity index is 685. The Morgan fingerprint density at radius 2 is 1.95 bits per heavy atom. The molecule has 7 heteroatoms. The minimum Gasteiger partial charge on any atom is -0.482 e. The van der Waals surface area contributed by atoms with E-state index < -0.39 is 18.2 Å². The molecule has 0 saturated carbocycles. The number of nitrogens with one attached hydrogen (secondary N) is 1. The second-order valence-corrected chi connectivity index (χ2v) is 5.22. The van der Waals surface area contributed by atoms with Crippen molar-refractivity contribution in [3.8, 4) is 11.5 Å². The van der Waals surface area contributed by atoms with Crippen LogP contribution in [0.5, 0.6) is 11.5 Å². The number of amides is 1. The van der Waals surface area contributed by atoms with Gasteiger partial charge in [0, 0.05) is 0 Å². The molecule has 1 aliphatic rings. The number of fused-ring (bicyclic) bond motifs is 1. The molecular formula is C15H17N3O4. The molecule has 0 fully saturated rings. The zero-order valence-electron chi connectivity index (χ0n) is 12.6. The molecule has 1 aliphatic heterocycles. The van der Waals surface area contributed by atoms with E-state index in [4.69, 9.17) is 14.0 Å². The predicted molar refractivity (Wildman–Crippen MR) is 76.5 cm³/mol. The highest BCUT2D eigenvalue weighted by Crippen LogP contribution is 2.33. The minimum absolute atomic E-state index is 0.287. The van der Waals surface area contributed by atoms with E-state index in [1.165, 1.54) is 0 Å². The average Bonchev–Trinajstić information content (AvgIpc) is 2.93. The number of hydrogen-bond donors (Lipinski definition) is 1. The first kappa shape index (κ1) is 14.4.